The van der Waals surface area contributed by atoms with Crippen molar-refractivity contribution in [3.63, 3.8) is 0 Å². The largest absolute Gasteiger partial charge is 0.349 e. The Morgan fingerprint density at radius 1 is 1.21 bits per heavy atom. The monoisotopic (exact) mass is 269 g/mol. The van der Waals surface area contributed by atoms with E-state index in [9.17, 15) is 0 Å². The van der Waals surface area contributed by atoms with E-state index in [1.807, 2.05) is 31.3 Å². The molecule has 0 radical (unpaired) electrons. The molecule has 2 heterocycles. The third-order valence-corrected chi connectivity index (χ3v) is 3.88. The Labute approximate surface area is 116 Å². The molecule has 0 spiro atoms. The van der Waals surface area contributed by atoms with Gasteiger partial charge >= 0.3 is 0 Å². The normalized spacial score (nSPS) is 12.7. The standard InChI is InChI=1S/C15H15N3S/c1-10(16)13-7-6-12(9-17-13)19-15-8-11-4-2-3-5-14(11)18-15/h2-10,18H,16H2,1H3. The van der Waals surface area contributed by atoms with Gasteiger partial charge in [-0.2, -0.15) is 0 Å². The fourth-order valence-electron chi connectivity index (χ4n) is 1.95. The summed E-state index contributed by atoms with van der Waals surface area (Å²) in [7, 11) is 0. The number of rotatable bonds is 3. The van der Waals surface area contributed by atoms with Crippen LogP contribution in [0.2, 0.25) is 0 Å². The van der Waals surface area contributed by atoms with Crippen LogP contribution in [-0.4, -0.2) is 9.97 Å². The molecule has 0 saturated heterocycles. The third-order valence-electron chi connectivity index (χ3n) is 2.96. The van der Waals surface area contributed by atoms with Gasteiger partial charge in [0.25, 0.3) is 0 Å². The third kappa shape index (κ3) is 2.64. The predicted molar refractivity (Wildman–Crippen MR) is 79.3 cm³/mol. The number of fused-ring (bicyclic) bond motifs is 1. The first kappa shape index (κ1) is 12.3. The first-order valence-corrected chi connectivity index (χ1v) is 7.01. The molecule has 1 unspecified atom stereocenters. The van der Waals surface area contributed by atoms with E-state index in [-0.39, 0.29) is 6.04 Å². The van der Waals surface area contributed by atoms with Crippen molar-refractivity contribution in [3.05, 3.63) is 54.4 Å². The summed E-state index contributed by atoms with van der Waals surface area (Å²) in [5, 5.41) is 2.35. The van der Waals surface area contributed by atoms with Crippen molar-refractivity contribution in [2.45, 2.75) is 22.9 Å². The van der Waals surface area contributed by atoms with Crippen LogP contribution >= 0.6 is 11.8 Å². The minimum absolute atomic E-state index is 0.0212. The second-order valence-electron chi connectivity index (χ2n) is 4.53. The van der Waals surface area contributed by atoms with Gasteiger partial charge in [-0.25, -0.2) is 0 Å². The number of benzene rings is 1. The van der Waals surface area contributed by atoms with Gasteiger partial charge in [0.15, 0.2) is 0 Å². The van der Waals surface area contributed by atoms with Crippen molar-refractivity contribution in [2.75, 3.05) is 0 Å². The van der Waals surface area contributed by atoms with E-state index >= 15 is 0 Å². The lowest BCUT2D eigenvalue weighted by atomic mass is 10.2. The van der Waals surface area contributed by atoms with Gasteiger partial charge in [-0.1, -0.05) is 30.0 Å². The summed E-state index contributed by atoms with van der Waals surface area (Å²) in [5.41, 5.74) is 7.87. The Balaban J connectivity index is 1.84. The van der Waals surface area contributed by atoms with Gasteiger partial charge in [0.2, 0.25) is 0 Å². The average Bonchev–Trinajstić information content (AvgIpc) is 2.81. The van der Waals surface area contributed by atoms with Crippen molar-refractivity contribution in [1.29, 1.82) is 0 Å². The Morgan fingerprint density at radius 3 is 2.74 bits per heavy atom. The molecule has 0 bridgehead atoms. The smallest absolute Gasteiger partial charge is 0.0781 e. The number of nitrogens with zero attached hydrogens (tertiary/aromatic N) is 1. The molecule has 0 amide bonds. The maximum atomic E-state index is 5.79. The number of pyridine rings is 1. The molecular weight excluding hydrogens is 254 g/mol. The highest BCUT2D eigenvalue weighted by Crippen LogP contribution is 2.29. The average molecular weight is 269 g/mol. The van der Waals surface area contributed by atoms with E-state index in [0.29, 0.717) is 0 Å². The maximum Gasteiger partial charge on any atom is 0.0781 e. The molecule has 3 nitrogen and oxygen atoms in total. The quantitative estimate of drug-likeness (QED) is 0.761. The summed E-state index contributed by atoms with van der Waals surface area (Å²) in [4.78, 5) is 8.87. The zero-order valence-electron chi connectivity index (χ0n) is 10.6. The first-order chi connectivity index (χ1) is 9.22. The minimum atomic E-state index is -0.0212. The minimum Gasteiger partial charge on any atom is -0.349 e. The summed E-state index contributed by atoms with van der Waals surface area (Å²) in [6, 6.07) is 14.4. The Kier molecular flexibility index (Phi) is 3.27. The zero-order chi connectivity index (χ0) is 13.2. The molecule has 3 N–H and O–H groups in total. The van der Waals surface area contributed by atoms with Crippen molar-refractivity contribution in [1.82, 2.24) is 9.97 Å². The van der Waals surface area contributed by atoms with Crippen molar-refractivity contribution in [2.24, 2.45) is 5.73 Å². The molecule has 0 aliphatic carbocycles. The van der Waals surface area contributed by atoms with Crippen molar-refractivity contribution in [3.8, 4) is 0 Å². The summed E-state index contributed by atoms with van der Waals surface area (Å²) >= 11 is 1.67. The van der Waals surface area contributed by atoms with Gasteiger partial charge in [-0.05, 0) is 31.2 Å². The number of hydrogen-bond acceptors (Lipinski definition) is 3. The van der Waals surface area contributed by atoms with Gasteiger partial charge < -0.3 is 10.7 Å². The van der Waals surface area contributed by atoms with Crippen LogP contribution in [0.15, 0.2) is 58.6 Å². The SMILES string of the molecule is CC(N)c1ccc(Sc2cc3ccccc3[nH]2)cn1. The number of aromatic nitrogens is 2. The summed E-state index contributed by atoms with van der Waals surface area (Å²) in [5.74, 6) is 0. The van der Waals surface area contributed by atoms with Crippen LogP contribution in [0.3, 0.4) is 0 Å². The molecule has 1 aromatic carbocycles. The van der Waals surface area contributed by atoms with Crippen LogP contribution in [0.1, 0.15) is 18.7 Å². The summed E-state index contributed by atoms with van der Waals surface area (Å²) < 4.78 is 0. The number of aromatic amines is 1. The van der Waals surface area contributed by atoms with Crippen molar-refractivity contribution >= 4 is 22.7 Å². The number of H-pyrrole nitrogens is 1. The molecule has 96 valence electrons. The second kappa shape index (κ2) is 5.07. The molecule has 0 saturated carbocycles. The van der Waals surface area contributed by atoms with Crippen LogP contribution in [0.4, 0.5) is 0 Å². The Hall–Kier alpha value is -1.78. The molecule has 3 rings (SSSR count). The molecule has 4 heteroatoms. The Morgan fingerprint density at radius 2 is 2.05 bits per heavy atom. The molecule has 2 aromatic heterocycles. The van der Waals surface area contributed by atoms with E-state index < -0.39 is 0 Å². The number of hydrogen-bond donors (Lipinski definition) is 2. The molecule has 0 aliphatic rings. The van der Waals surface area contributed by atoms with Crippen LogP contribution in [0.5, 0.6) is 0 Å². The van der Waals surface area contributed by atoms with Crippen LogP contribution in [0.25, 0.3) is 10.9 Å². The molecule has 0 fully saturated rings. The topological polar surface area (TPSA) is 54.7 Å². The predicted octanol–water partition coefficient (Wildman–Crippen LogP) is 3.73. The van der Waals surface area contributed by atoms with E-state index in [4.69, 9.17) is 5.73 Å². The lowest BCUT2D eigenvalue weighted by molar-refractivity contribution is 0.777. The van der Waals surface area contributed by atoms with E-state index in [1.54, 1.807) is 11.8 Å². The zero-order valence-corrected chi connectivity index (χ0v) is 11.4. The van der Waals surface area contributed by atoms with E-state index in [0.717, 1.165) is 21.1 Å². The Bertz CT molecular complexity index is 653. The molecule has 0 aliphatic heterocycles. The number of para-hydroxylation sites is 1. The molecule has 1 atom stereocenters. The first-order valence-electron chi connectivity index (χ1n) is 6.19. The van der Waals surface area contributed by atoms with Crippen LogP contribution < -0.4 is 5.73 Å². The molecular formula is C15H15N3S. The second-order valence-corrected chi connectivity index (χ2v) is 5.65. The lowest BCUT2D eigenvalue weighted by Crippen LogP contribution is -2.06. The highest BCUT2D eigenvalue weighted by molar-refractivity contribution is 7.99. The van der Waals surface area contributed by atoms with Gasteiger partial charge in [0.05, 0.1) is 10.7 Å². The fraction of sp³-hybridized carbons (Fsp3) is 0.133. The molecule has 3 aromatic rings. The van der Waals surface area contributed by atoms with Gasteiger partial charge in [-0.15, -0.1) is 0 Å². The summed E-state index contributed by atoms with van der Waals surface area (Å²) in [6.45, 7) is 1.94. The molecule has 19 heavy (non-hydrogen) atoms. The summed E-state index contributed by atoms with van der Waals surface area (Å²) in [6.07, 6.45) is 1.87. The highest BCUT2D eigenvalue weighted by atomic mass is 32.2. The maximum absolute atomic E-state index is 5.79. The number of nitrogens with two attached hydrogens (primary N) is 1. The fourth-order valence-corrected chi connectivity index (χ4v) is 2.79. The van der Waals surface area contributed by atoms with Gasteiger partial charge in [-0.3, -0.25) is 4.98 Å². The van der Waals surface area contributed by atoms with Crippen LogP contribution in [0, 0.1) is 0 Å². The highest BCUT2D eigenvalue weighted by Gasteiger charge is 2.04. The van der Waals surface area contributed by atoms with E-state index in [2.05, 4.69) is 34.2 Å². The van der Waals surface area contributed by atoms with E-state index in [1.165, 1.54) is 5.39 Å². The van der Waals surface area contributed by atoms with Crippen LogP contribution in [-0.2, 0) is 0 Å². The number of nitrogens with one attached hydrogen (secondary N) is 1. The van der Waals surface area contributed by atoms with Crippen molar-refractivity contribution < 1.29 is 0 Å². The van der Waals surface area contributed by atoms with Gasteiger partial charge in [0.1, 0.15) is 0 Å². The lowest BCUT2D eigenvalue weighted by Gasteiger charge is -2.04. The van der Waals surface area contributed by atoms with Gasteiger partial charge in [0, 0.05) is 28.0 Å².